The normalized spacial score (nSPS) is 12.4. The number of carbonyl (C=O) groups is 1. The summed E-state index contributed by atoms with van der Waals surface area (Å²) in [5, 5.41) is 10.1. The maximum absolute atomic E-state index is 10.1. The Labute approximate surface area is 86.5 Å². The molecule has 0 heterocycles. The quantitative estimate of drug-likeness (QED) is 0.448. The highest BCUT2D eigenvalue weighted by atomic mass is 16.7. The van der Waals surface area contributed by atoms with E-state index in [0.29, 0.717) is 0 Å². The number of rotatable bonds is 8. The Hall–Kier alpha value is -0.730. The lowest BCUT2D eigenvalue weighted by Gasteiger charge is -2.16. The van der Waals surface area contributed by atoms with Crippen molar-refractivity contribution in [1.29, 1.82) is 0 Å². The smallest absolute Gasteiger partial charge is 0.252 e. The molecule has 3 nitrogen and oxygen atoms in total. The van der Waals surface area contributed by atoms with Gasteiger partial charge in [-0.3, -0.25) is 0 Å². The van der Waals surface area contributed by atoms with E-state index in [4.69, 9.17) is 0 Å². The van der Waals surface area contributed by atoms with Crippen LogP contribution in [0.1, 0.15) is 58.8 Å². The van der Waals surface area contributed by atoms with E-state index < -0.39 is 6.16 Å². The van der Waals surface area contributed by atoms with Crippen molar-refractivity contribution >= 4 is 6.16 Å². The third-order valence-electron chi connectivity index (χ3n) is 2.26. The van der Waals surface area contributed by atoms with Gasteiger partial charge in [-0.25, -0.2) is 0 Å². The third-order valence-corrected chi connectivity index (χ3v) is 2.26. The van der Waals surface area contributed by atoms with Crippen molar-refractivity contribution in [2.24, 2.45) is 0 Å². The number of unbranched alkanes of at least 4 members (excludes halogenated alkanes) is 5. The van der Waals surface area contributed by atoms with E-state index in [0.717, 1.165) is 12.8 Å². The second-order valence-corrected chi connectivity index (χ2v) is 3.73. The second-order valence-electron chi connectivity index (χ2n) is 3.73. The van der Waals surface area contributed by atoms with Gasteiger partial charge in [-0.05, 0) is 13.3 Å². The molecule has 0 aromatic heterocycles. The zero-order chi connectivity index (χ0) is 10.8. The Morgan fingerprint density at radius 3 is 2.36 bits per heavy atom. The fourth-order valence-electron chi connectivity index (χ4n) is 1.44. The first-order chi connectivity index (χ1) is 6.66. The molecule has 0 amide bonds. The van der Waals surface area contributed by atoms with Gasteiger partial charge in [0.2, 0.25) is 0 Å². The summed E-state index contributed by atoms with van der Waals surface area (Å²) in [6.45, 7) is 3.96. The summed E-state index contributed by atoms with van der Waals surface area (Å²) in [5.41, 5.74) is 0. The number of carboxylic acid groups (broad SMARTS) is 1. The van der Waals surface area contributed by atoms with Gasteiger partial charge in [-0.2, -0.15) is 0 Å². The summed E-state index contributed by atoms with van der Waals surface area (Å²) in [6, 6.07) is 0. The Morgan fingerprint density at radius 1 is 1.21 bits per heavy atom. The molecule has 0 radical (unpaired) electrons. The summed E-state index contributed by atoms with van der Waals surface area (Å²) in [7, 11) is 0. The molecule has 0 aromatic rings. The molecule has 0 rings (SSSR count). The van der Waals surface area contributed by atoms with Crippen LogP contribution in [-0.2, 0) is 4.74 Å². The van der Waals surface area contributed by atoms with Crippen molar-refractivity contribution in [2.45, 2.75) is 64.9 Å². The second kappa shape index (κ2) is 8.85. The van der Waals surface area contributed by atoms with Gasteiger partial charge in [-0.1, -0.05) is 45.4 Å². The van der Waals surface area contributed by atoms with Gasteiger partial charge in [0, 0.05) is 6.10 Å². The molecule has 0 fully saturated rings. The van der Waals surface area contributed by atoms with Crippen molar-refractivity contribution in [3.63, 3.8) is 0 Å². The largest absolute Gasteiger partial charge is 0.547 e. The van der Waals surface area contributed by atoms with E-state index in [1.807, 2.05) is 0 Å². The maximum Gasteiger partial charge on any atom is 0.252 e. The van der Waals surface area contributed by atoms with Crippen LogP contribution >= 0.6 is 0 Å². The van der Waals surface area contributed by atoms with Gasteiger partial charge < -0.3 is 14.6 Å². The van der Waals surface area contributed by atoms with Crippen molar-refractivity contribution in [1.82, 2.24) is 0 Å². The van der Waals surface area contributed by atoms with E-state index in [2.05, 4.69) is 11.7 Å². The van der Waals surface area contributed by atoms with Gasteiger partial charge in [-0.15, -0.1) is 0 Å². The molecule has 3 heteroatoms. The molecule has 14 heavy (non-hydrogen) atoms. The summed E-state index contributed by atoms with van der Waals surface area (Å²) in [6.07, 6.45) is 6.46. The summed E-state index contributed by atoms with van der Waals surface area (Å²) in [5.74, 6) is 0. The van der Waals surface area contributed by atoms with Crippen LogP contribution in [-0.4, -0.2) is 12.3 Å². The molecule has 0 spiro atoms. The lowest BCUT2D eigenvalue weighted by atomic mass is 10.1. The average molecular weight is 201 g/mol. The van der Waals surface area contributed by atoms with Gasteiger partial charge in [0.05, 0.1) is 0 Å². The van der Waals surface area contributed by atoms with Crippen LogP contribution in [0.15, 0.2) is 0 Å². The molecule has 0 aliphatic heterocycles. The molecule has 0 saturated heterocycles. The zero-order valence-electron chi connectivity index (χ0n) is 9.25. The molecule has 0 bridgehead atoms. The van der Waals surface area contributed by atoms with Gasteiger partial charge >= 0.3 is 0 Å². The first-order valence-corrected chi connectivity index (χ1v) is 5.54. The summed E-state index contributed by atoms with van der Waals surface area (Å²) >= 11 is 0. The molecule has 1 unspecified atom stereocenters. The van der Waals surface area contributed by atoms with E-state index >= 15 is 0 Å². The Morgan fingerprint density at radius 2 is 1.79 bits per heavy atom. The predicted molar refractivity (Wildman–Crippen MR) is 53.9 cm³/mol. The van der Waals surface area contributed by atoms with Crippen molar-refractivity contribution in [3.05, 3.63) is 0 Å². The first-order valence-electron chi connectivity index (χ1n) is 5.54. The van der Waals surface area contributed by atoms with Crippen LogP contribution in [0.4, 0.5) is 4.79 Å². The molecule has 84 valence electrons. The number of hydrogen-bond acceptors (Lipinski definition) is 3. The summed E-state index contributed by atoms with van der Waals surface area (Å²) < 4.78 is 4.48. The van der Waals surface area contributed by atoms with Gasteiger partial charge in [0.25, 0.3) is 6.16 Å². The molecule has 0 saturated carbocycles. The Balaban J connectivity index is 3.14. The van der Waals surface area contributed by atoms with E-state index in [1.165, 1.54) is 32.1 Å². The van der Waals surface area contributed by atoms with E-state index in [-0.39, 0.29) is 6.10 Å². The van der Waals surface area contributed by atoms with Crippen LogP contribution < -0.4 is 5.11 Å². The minimum atomic E-state index is -1.41. The number of carbonyl (C=O) groups excluding carboxylic acids is 1. The van der Waals surface area contributed by atoms with Gasteiger partial charge in [0.15, 0.2) is 0 Å². The van der Waals surface area contributed by atoms with Crippen molar-refractivity contribution < 1.29 is 14.6 Å². The topological polar surface area (TPSA) is 49.4 Å². The van der Waals surface area contributed by atoms with Crippen LogP contribution in [0.25, 0.3) is 0 Å². The molecule has 0 N–H and O–H groups in total. The minimum Gasteiger partial charge on any atom is -0.547 e. The van der Waals surface area contributed by atoms with Crippen molar-refractivity contribution in [3.8, 4) is 0 Å². The van der Waals surface area contributed by atoms with Crippen LogP contribution in [0, 0.1) is 0 Å². The standard InChI is InChI=1S/C11H22O3/c1-3-4-5-6-7-8-9-10(2)14-11(12)13/h10H,3-9H2,1-2H3,(H,12,13)/p-1. The predicted octanol–water partition coefficient (Wildman–Crippen LogP) is 2.49. The summed E-state index contributed by atoms with van der Waals surface area (Å²) in [4.78, 5) is 10.1. The molecule has 0 aliphatic carbocycles. The maximum atomic E-state index is 10.1. The molecular formula is C11H21O3-. The fourth-order valence-corrected chi connectivity index (χ4v) is 1.44. The minimum absolute atomic E-state index is 0.217. The lowest BCUT2D eigenvalue weighted by molar-refractivity contribution is -0.287. The van der Waals surface area contributed by atoms with E-state index in [9.17, 15) is 9.90 Å². The average Bonchev–Trinajstić information content (AvgIpc) is 2.10. The third kappa shape index (κ3) is 9.36. The van der Waals surface area contributed by atoms with Crippen LogP contribution in [0.5, 0.6) is 0 Å². The first kappa shape index (κ1) is 13.3. The van der Waals surface area contributed by atoms with Crippen molar-refractivity contribution in [2.75, 3.05) is 0 Å². The SMILES string of the molecule is CCCCCCCCC(C)OC(=O)[O-]. The molecule has 0 aromatic carbocycles. The lowest BCUT2D eigenvalue weighted by Crippen LogP contribution is -2.27. The highest BCUT2D eigenvalue weighted by Crippen LogP contribution is 2.09. The molecule has 0 aliphatic rings. The van der Waals surface area contributed by atoms with Crippen LogP contribution in [0.2, 0.25) is 0 Å². The monoisotopic (exact) mass is 201 g/mol. The van der Waals surface area contributed by atoms with Gasteiger partial charge in [0.1, 0.15) is 0 Å². The fraction of sp³-hybridized carbons (Fsp3) is 0.909. The highest BCUT2D eigenvalue weighted by Gasteiger charge is 1.99. The number of hydrogen-bond donors (Lipinski definition) is 0. The Kier molecular flexibility index (Phi) is 8.39. The van der Waals surface area contributed by atoms with E-state index in [1.54, 1.807) is 6.92 Å². The Bertz CT molecular complexity index is 145. The zero-order valence-corrected chi connectivity index (χ0v) is 9.25. The molecular weight excluding hydrogens is 180 g/mol. The molecule has 1 atom stereocenters. The highest BCUT2D eigenvalue weighted by molar-refractivity contribution is 5.54. The number of ether oxygens (including phenoxy) is 1. The van der Waals surface area contributed by atoms with Crippen LogP contribution in [0.3, 0.4) is 0 Å².